The van der Waals surface area contributed by atoms with Crippen LogP contribution in [0.25, 0.3) is 0 Å². The van der Waals surface area contributed by atoms with E-state index < -0.39 is 11.6 Å². The second-order valence-electron chi connectivity index (χ2n) is 5.06. The molecule has 1 fully saturated rings. The van der Waals surface area contributed by atoms with Gasteiger partial charge in [0, 0.05) is 0 Å². The zero-order valence-electron chi connectivity index (χ0n) is 10.9. The van der Waals surface area contributed by atoms with E-state index in [9.17, 15) is 9.90 Å². The first-order valence-corrected chi connectivity index (χ1v) is 6.50. The Morgan fingerprint density at radius 1 is 1.61 bits per heavy atom. The van der Waals surface area contributed by atoms with Crippen LogP contribution in [-0.4, -0.2) is 18.2 Å². The van der Waals surface area contributed by atoms with Crippen LogP contribution in [0.15, 0.2) is 16.5 Å². The molecule has 1 saturated carbocycles. The van der Waals surface area contributed by atoms with Crippen molar-refractivity contribution in [3.05, 3.63) is 23.7 Å². The van der Waals surface area contributed by atoms with Crippen LogP contribution < -0.4 is 0 Å². The monoisotopic (exact) mass is 252 g/mol. The van der Waals surface area contributed by atoms with E-state index in [0.717, 1.165) is 19.3 Å². The summed E-state index contributed by atoms with van der Waals surface area (Å²) in [5.74, 6) is 0.656. The third-order valence-electron chi connectivity index (χ3n) is 3.86. The van der Waals surface area contributed by atoms with Crippen LogP contribution in [0, 0.1) is 5.92 Å². The summed E-state index contributed by atoms with van der Waals surface area (Å²) in [7, 11) is 1.31. The van der Waals surface area contributed by atoms with E-state index in [-0.39, 0.29) is 5.76 Å². The number of furan rings is 1. The predicted molar refractivity (Wildman–Crippen MR) is 66.2 cm³/mol. The van der Waals surface area contributed by atoms with E-state index in [1.807, 2.05) is 0 Å². The molecule has 0 radical (unpaired) electrons. The summed E-state index contributed by atoms with van der Waals surface area (Å²) in [4.78, 5) is 11.3. The smallest absolute Gasteiger partial charge is 0.373 e. The molecule has 100 valence electrons. The number of esters is 1. The van der Waals surface area contributed by atoms with Crippen molar-refractivity contribution in [1.29, 1.82) is 0 Å². The maximum Gasteiger partial charge on any atom is 0.373 e. The first kappa shape index (κ1) is 13.1. The average Bonchev–Trinajstić information content (AvgIpc) is 2.88. The summed E-state index contributed by atoms with van der Waals surface area (Å²) in [5, 5.41) is 10.7. The Hall–Kier alpha value is -1.29. The maximum absolute atomic E-state index is 11.3. The largest absolute Gasteiger partial charge is 0.463 e. The van der Waals surface area contributed by atoms with Crippen LogP contribution in [0.5, 0.6) is 0 Å². The molecule has 0 bridgehead atoms. The predicted octanol–water partition coefficient (Wildman–Crippen LogP) is 2.85. The molecule has 0 spiro atoms. The molecule has 1 aliphatic rings. The molecular formula is C14H20O4. The van der Waals surface area contributed by atoms with E-state index in [0.29, 0.717) is 24.5 Å². The minimum absolute atomic E-state index is 0.152. The van der Waals surface area contributed by atoms with Crippen LogP contribution >= 0.6 is 0 Å². The first-order valence-electron chi connectivity index (χ1n) is 6.50. The molecule has 4 nitrogen and oxygen atoms in total. The molecule has 2 rings (SSSR count). The van der Waals surface area contributed by atoms with Gasteiger partial charge in [-0.15, -0.1) is 0 Å². The number of carbonyl (C=O) groups excluding carboxylic acids is 1. The Bertz CT molecular complexity index is 423. The second-order valence-corrected chi connectivity index (χ2v) is 5.06. The van der Waals surface area contributed by atoms with E-state index in [1.54, 1.807) is 12.1 Å². The van der Waals surface area contributed by atoms with Crippen LogP contribution in [0.4, 0.5) is 0 Å². The molecule has 0 aromatic carbocycles. The zero-order chi connectivity index (χ0) is 13.2. The Morgan fingerprint density at radius 2 is 2.39 bits per heavy atom. The lowest BCUT2D eigenvalue weighted by Gasteiger charge is -2.34. The number of ether oxygens (including phenoxy) is 1. The normalized spacial score (nSPS) is 28.1. The number of carbonyl (C=O) groups is 1. The van der Waals surface area contributed by atoms with Crippen molar-refractivity contribution in [2.24, 2.45) is 5.92 Å². The highest BCUT2D eigenvalue weighted by Crippen LogP contribution is 2.41. The summed E-state index contributed by atoms with van der Waals surface area (Å²) >= 11 is 0. The van der Waals surface area contributed by atoms with Gasteiger partial charge in [0.15, 0.2) is 0 Å². The number of rotatable bonds is 3. The summed E-state index contributed by atoms with van der Waals surface area (Å²) in [6, 6.07) is 3.25. The molecule has 4 heteroatoms. The number of aliphatic hydroxyl groups is 1. The molecule has 1 N–H and O–H groups in total. The molecule has 1 heterocycles. The van der Waals surface area contributed by atoms with Crippen molar-refractivity contribution in [1.82, 2.24) is 0 Å². The van der Waals surface area contributed by atoms with E-state index >= 15 is 0 Å². The highest BCUT2D eigenvalue weighted by molar-refractivity contribution is 5.86. The van der Waals surface area contributed by atoms with Crippen molar-refractivity contribution in [3.63, 3.8) is 0 Å². The zero-order valence-corrected chi connectivity index (χ0v) is 10.9. The topological polar surface area (TPSA) is 59.7 Å². The van der Waals surface area contributed by atoms with Gasteiger partial charge in [-0.25, -0.2) is 4.79 Å². The Kier molecular flexibility index (Phi) is 3.76. The van der Waals surface area contributed by atoms with Crippen LogP contribution in [0.3, 0.4) is 0 Å². The van der Waals surface area contributed by atoms with Crippen LogP contribution in [0.2, 0.25) is 0 Å². The van der Waals surface area contributed by atoms with Crippen molar-refractivity contribution in [3.8, 4) is 0 Å². The number of hydrogen-bond donors (Lipinski definition) is 1. The van der Waals surface area contributed by atoms with Crippen molar-refractivity contribution >= 4 is 5.97 Å². The highest BCUT2D eigenvalue weighted by Gasteiger charge is 2.38. The average molecular weight is 252 g/mol. The third kappa shape index (κ3) is 2.43. The van der Waals surface area contributed by atoms with Gasteiger partial charge in [0.25, 0.3) is 0 Å². The minimum Gasteiger partial charge on any atom is -0.463 e. The Morgan fingerprint density at radius 3 is 3.06 bits per heavy atom. The van der Waals surface area contributed by atoms with Gasteiger partial charge in [0.1, 0.15) is 11.4 Å². The SMILES string of the molecule is CCC1CCCC(O)(c2ccc(C(=O)OC)o2)C1. The lowest BCUT2D eigenvalue weighted by molar-refractivity contribution is -0.0398. The van der Waals surface area contributed by atoms with Gasteiger partial charge in [-0.05, 0) is 37.3 Å². The van der Waals surface area contributed by atoms with Gasteiger partial charge in [-0.2, -0.15) is 0 Å². The van der Waals surface area contributed by atoms with Gasteiger partial charge in [-0.3, -0.25) is 0 Å². The van der Waals surface area contributed by atoms with Gasteiger partial charge >= 0.3 is 5.97 Å². The molecule has 2 unspecified atom stereocenters. The summed E-state index contributed by atoms with van der Waals surface area (Å²) in [6.45, 7) is 2.14. The maximum atomic E-state index is 11.3. The van der Waals surface area contributed by atoms with Crippen LogP contribution in [0.1, 0.15) is 55.3 Å². The summed E-state index contributed by atoms with van der Waals surface area (Å²) in [5.41, 5.74) is -0.925. The molecule has 1 aromatic rings. The van der Waals surface area contributed by atoms with E-state index in [4.69, 9.17) is 4.42 Å². The van der Waals surface area contributed by atoms with Gasteiger partial charge in [0.05, 0.1) is 7.11 Å². The van der Waals surface area contributed by atoms with Crippen molar-refractivity contribution in [2.45, 2.75) is 44.6 Å². The lowest BCUT2D eigenvalue weighted by Crippen LogP contribution is -2.32. The molecule has 0 aliphatic heterocycles. The van der Waals surface area contributed by atoms with Gasteiger partial charge in [0.2, 0.25) is 5.76 Å². The fraction of sp³-hybridized carbons (Fsp3) is 0.643. The molecule has 2 atom stereocenters. The van der Waals surface area contributed by atoms with Crippen molar-refractivity contribution in [2.75, 3.05) is 7.11 Å². The van der Waals surface area contributed by atoms with Gasteiger partial charge < -0.3 is 14.3 Å². The summed E-state index contributed by atoms with van der Waals surface area (Å²) in [6.07, 6.45) is 4.61. The Labute approximate surface area is 107 Å². The lowest BCUT2D eigenvalue weighted by atomic mass is 9.76. The van der Waals surface area contributed by atoms with Gasteiger partial charge in [-0.1, -0.05) is 19.8 Å². The fourth-order valence-corrected chi connectivity index (χ4v) is 2.74. The highest BCUT2D eigenvalue weighted by atomic mass is 16.5. The number of methoxy groups -OCH3 is 1. The van der Waals surface area contributed by atoms with E-state index in [1.165, 1.54) is 7.11 Å². The first-order chi connectivity index (χ1) is 8.59. The minimum atomic E-state index is -0.925. The standard InChI is InChI=1S/C14H20O4/c1-3-10-5-4-8-14(16,9-10)12-7-6-11(18-12)13(15)17-2/h6-7,10,16H,3-5,8-9H2,1-2H3. The fourth-order valence-electron chi connectivity index (χ4n) is 2.74. The molecule has 0 amide bonds. The second kappa shape index (κ2) is 5.14. The Balaban J connectivity index is 2.19. The molecule has 1 aliphatic carbocycles. The summed E-state index contributed by atoms with van der Waals surface area (Å²) < 4.78 is 10.0. The third-order valence-corrected chi connectivity index (χ3v) is 3.86. The quantitative estimate of drug-likeness (QED) is 0.840. The van der Waals surface area contributed by atoms with Crippen molar-refractivity contribution < 1.29 is 19.1 Å². The molecule has 18 heavy (non-hydrogen) atoms. The molecular weight excluding hydrogens is 232 g/mol. The van der Waals surface area contributed by atoms with E-state index in [2.05, 4.69) is 11.7 Å². The number of hydrogen-bond acceptors (Lipinski definition) is 4. The molecule has 1 aromatic heterocycles. The van der Waals surface area contributed by atoms with Crippen LogP contribution in [-0.2, 0) is 10.3 Å². The molecule has 0 saturated heterocycles.